The Morgan fingerprint density at radius 2 is 1.78 bits per heavy atom. The Labute approximate surface area is 340 Å². The van der Waals surface area contributed by atoms with Gasteiger partial charge in [-0.15, -0.1) is 0 Å². The first kappa shape index (κ1) is 44.5. The number of nitrogens with zero attached hydrogens (tertiary/aromatic N) is 3. The SMILES string of the molecule is CC[C@H]1OC(=O)[C@H](C)C(=O)[C@H](C)[C@@H](O[C@@H]2O[C@H](C)C[C@H](N(C)C)[C@H]2O)[C@@](C)(OCC#Cc2cc(-c3cccc(C#N)c3)no2)C[C@@H](C)C(=O)[C@H](C)[C@H]2NC(=O)O[C@@]21C. The van der Waals surface area contributed by atoms with Crippen LogP contribution in [0.25, 0.3) is 11.3 Å². The number of carbonyl (C=O) groups is 4. The van der Waals surface area contributed by atoms with Crippen molar-refractivity contribution in [2.75, 3.05) is 20.7 Å². The molecule has 3 saturated heterocycles. The molecule has 0 unspecified atom stereocenters. The number of nitriles is 1. The quantitative estimate of drug-likeness (QED) is 0.226. The summed E-state index contributed by atoms with van der Waals surface area (Å²) in [7, 11) is 3.69. The van der Waals surface area contributed by atoms with Gasteiger partial charge >= 0.3 is 12.1 Å². The molecule has 1 aromatic carbocycles. The van der Waals surface area contributed by atoms with Gasteiger partial charge in [0.25, 0.3) is 0 Å². The van der Waals surface area contributed by atoms with Gasteiger partial charge in [-0.3, -0.25) is 14.4 Å². The maximum Gasteiger partial charge on any atom is 0.408 e. The fourth-order valence-corrected chi connectivity index (χ4v) is 8.67. The second-order valence-electron chi connectivity index (χ2n) is 16.5. The number of alkyl carbamates (subject to hydrolysis) is 1. The van der Waals surface area contributed by atoms with Crippen LogP contribution in [0.5, 0.6) is 0 Å². The summed E-state index contributed by atoms with van der Waals surface area (Å²) in [6, 6.07) is 9.43. The highest BCUT2D eigenvalue weighted by atomic mass is 16.7. The van der Waals surface area contributed by atoms with Crippen LogP contribution in [0.3, 0.4) is 0 Å². The number of rotatable bonds is 7. The van der Waals surface area contributed by atoms with Crippen molar-refractivity contribution < 1.29 is 52.5 Å². The van der Waals surface area contributed by atoms with Gasteiger partial charge in [-0.25, -0.2) is 4.79 Å². The highest BCUT2D eigenvalue weighted by molar-refractivity contribution is 6.00. The Hall–Kier alpha value is -4.64. The molecule has 314 valence electrons. The predicted molar refractivity (Wildman–Crippen MR) is 208 cm³/mol. The molecule has 2 N–H and O–H groups in total. The van der Waals surface area contributed by atoms with Gasteiger partial charge < -0.3 is 43.5 Å². The summed E-state index contributed by atoms with van der Waals surface area (Å²) < 4.78 is 36.6. The van der Waals surface area contributed by atoms with Crippen molar-refractivity contribution in [2.45, 2.75) is 129 Å². The fraction of sp³-hybridized carbons (Fsp3) is 0.628. The molecule has 5 rings (SSSR count). The number of cyclic esters (lactones) is 1. The predicted octanol–water partition coefficient (Wildman–Crippen LogP) is 4.43. The van der Waals surface area contributed by atoms with Gasteiger partial charge in [0.1, 0.15) is 36.2 Å². The Balaban J connectivity index is 1.54. The van der Waals surface area contributed by atoms with E-state index in [2.05, 4.69) is 28.4 Å². The minimum atomic E-state index is -1.47. The number of esters is 1. The zero-order valence-corrected chi connectivity index (χ0v) is 34.9. The Bertz CT molecular complexity index is 1950. The summed E-state index contributed by atoms with van der Waals surface area (Å²) in [5.41, 5.74) is -1.26. The molecule has 13 atom stereocenters. The van der Waals surface area contributed by atoms with Crippen molar-refractivity contribution >= 4 is 23.6 Å². The van der Waals surface area contributed by atoms with Gasteiger partial charge in [-0.05, 0) is 79.1 Å². The molecule has 4 heterocycles. The molecule has 1 amide bonds. The van der Waals surface area contributed by atoms with Gasteiger partial charge in [0.2, 0.25) is 5.76 Å². The highest BCUT2D eigenvalue weighted by Crippen LogP contribution is 2.40. The van der Waals surface area contributed by atoms with Crippen LogP contribution in [0.2, 0.25) is 0 Å². The van der Waals surface area contributed by atoms with E-state index in [1.165, 1.54) is 6.92 Å². The van der Waals surface area contributed by atoms with Crippen molar-refractivity contribution in [2.24, 2.45) is 23.7 Å². The summed E-state index contributed by atoms with van der Waals surface area (Å²) in [4.78, 5) is 57.3. The first-order chi connectivity index (χ1) is 27.3. The zero-order chi connectivity index (χ0) is 42.7. The first-order valence-corrected chi connectivity index (χ1v) is 19.9. The number of aliphatic hydroxyl groups is 1. The molecule has 0 radical (unpaired) electrons. The minimum absolute atomic E-state index is 0.00553. The number of likely N-dealkylation sites (N-methyl/N-ethyl adjacent to an activating group) is 1. The lowest BCUT2D eigenvalue weighted by Crippen LogP contribution is -2.60. The van der Waals surface area contributed by atoms with E-state index >= 15 is 0 Å². The summed E-state index contributed by atoms with van der Waals surface area (Å²) in [6.45, 7) is 13.2. The number of aliphatic hydroxyl groups excluding tert-OH is 1. The third kappa shape index (κ3) is 9.30. The standard InChI is InChI=1S/C43H56N4O11/c1-11-33-43(8)37(45-41(52)57-43)25(4)34(48)23(2)21-42(7,53-17-13-16-30-20-31(46-58-30)29-15-12-14-28(19-29)22-44)38(26(5)35(49)27(6)39(51)55-33)56-40-36(50)32(47(9)10)18-24(3)54-40/h12,14-15,19-20,23-27,32-33,36-38,40,50H,11,17-18,21H2,1-10H3,(H,45,52)/t23-,24-,25+,26+,27-,32+,33-,36-,37-,38-,40+,42+,43-/m1/s1. The molecule has 3 aliphatic rings. The van der Waals surface area contributed by atoms with E-state index in [1.54, 1.807) is 71.9 Å². The topological polar surface area (TPSA) is 200 Å². The van der Waals surface area contributed by atoms with E-state index in [0.29, 0.717) is 23.2 Å². The van der Waals surface area contributed by atoms with Gasteiger partial charge in [0.15, 0.2) is 17.7 Å². The number of nitrogens with one attached hydrogen (secondary N) is 1. The number of hydrogen-bond donors (Lipinski definition) is 2. The van der Waals surface area contributed by atoms with Crippen LogP contribution in [0.4, 0.5) is 4.79 Å². The largest absolute Gasteiger partial charge is 0.458 e. The number of fused-ring (bicyclic) bond motifs is 1. The molecule has 3 fully saturated rings. The number of Topliss-reactive ketones (excluding diaryl/α,β-unsaturated/α-hetero) is 2. The summed E-state index contributed by atoms with van der Waals surface area (Å²) >= 11 is 0. The number of amides is 1. The smallest absolute Gasteiger partial charge is 0.408 e. The maximum atomic E-state index is 14.4. The number of ether oxygens (including phenoxy) is 5. The number of benzene rings is 1. The van der Waals surface area contributed by atoms with Crippen LogP contribution >= 0.6 is 0 Å². The molecule has 0 aliphatic carbocycles. The molecule has 0 spiro atoms. The molecular weight excluding hydrogens is 748 g/mol. The molecule has 2 aromatic rings. The zero-order valence-electron chi connectivity index (χ0n) is 34.9. The average molecular weight is 805 g/mol. The van der Waals surface area contributed by atoms with Crippen molar-refractivity contribution in [3.05, 3.63) is 41.7 Å². The van der Waals surface area contributed by atoms with Gasteiger partial charge in [0, 0.05) is 35.4 Å². The minimum Gasteiger partial charge on any atom is -0.458 e. The van der Waals surface area contributed by atoms with Crippen LogP contribution in [0, 0.1) is 46.8 Å². The van der Waals surface area contributed by atoms with E-state index in [0.717, 1.165) is 0 Å². The third-order valence-corrected chi connectivity index (χ3v) is 11.9. The Morgan fingerprint density at radius 1 is 1.05 bits per heavy atom. The lowest BCUT2D eigenvalue weighted by molar-refractivity contribution is -0.296. The average Bonchev–Trinajstić information content (AvgIpc) is 3.80. The number of ketones is 2. The van der Waals surface area contributed by atoms with Crippen molar-refractivity contribution in [3.63, 3.8) is 0 Å². The number of aromatic nitrogens is 1. The monoisotopic (exact) mass is 804 g/mol. The Morgan fingerprint density at radius 3 is 2.45 bits per heavy atom. The first-order valence-electron chi connectivity index (χ1n) is 19.9. The van der Waals surface area contributed by atoms with Gasteiger partial charge in [-0.2, -0.15) is 5.26 Å². The number of hydrogen-bond acceptors (Lipinski definition) is 14. The van der Waals surface area contributed by atoms with E-state index < -0.39 is 83.4 Å². The molecule has 3 aliphatic heterocycles. The van der Waals surface area contributed by atoms with E-state index in [-0.39, 0.29) is 43.1 Å². The van der Waals surface area contributed by atoms with E-state index in [4.69, 9.17) is 28.2 Å². The van der Waals surface area contributed by atoms with Crippen LogP contribution in [0.1, 0.15) is 86.0 Å². The molecular formula is C43H56N4O11. The second kappa shape index (κ2) is 18.1. The van der Waals surface area contributed by atoms with Crippen LogP contribution in [0.15, 0.2) is 34.9 Å². The van der Waals surface area contributed by atoms with Crippen LogP contribution in [-0.4, -0.2) is 113 Å². The van der Waals surface area contributed by atoms with Crippen LogP contribution in [-0.2, 0) is 38.1 Å². The molecule has 1 aromatic heterocycles. The van der Waals surface area contributed by atoms with Gasteiger partial charge in [0.05, 0.1) is 35.5 Å². The molecule has 0 saturated carbocycles. The highest BCUT2D eigenvalue weighted by Gasteiger charge is 2.57. The maximum absolute atomic E-state index is 14.4. The lowest BCUT2D eigenvalue weighted by atomic mass is 9.73. The van der Waals surface area contributed by atoms with E-state index in [9.17, 15) is 29.5 Å². The van der Waals surface area contributed by atoms with Crippen molar-refractivity contribution in [1.29, 1.82) is 5.26 Å². The summed E-state index contributed by atoms with van der Waals surface area (Å²) in [6.07, 6.45) is -4.80. The molecule has 15 heteroatoms. The summed E-state index contributed by atoms with van der Waals surface area (Å²) in [5, 5.41) is 27.7. The molecule has 58 heavy (non-hydrogen) atoms. The lowest BCUT2D eigenvalue weighted by Gasteiger charge is -2.47. The van der Waals surface area contributed by atoms with Crippen molar-refractivity contribution in [3.8, 4) is 29.2 Å². The van der Waals surface area contributed by atoms with Crippen LogP contribution < -0.4 is 5.32 Å². The fourth-order valence-electron chi connectivity index (χ4n) is 8.67. The third-order valence-electron chi connectivity index (χ3n) is 11.9. The van der Waals surface area contributed by atoms with E-state index in [1.807, 2.05) is 25.9 Å². The molecule has 15 nitrogen and oxygen atoms in total. The summed E-state index contributed by atoms with van der Waals surface area (Å²) in [5.74, 6) is 0.590. The van der Waals surface area contributed by atoms with Gasteiger partial charge in [-0.1, -0.05) is 50.9 Å². The number of carbonyl (C=O) groups excluding carboxylic acids is 4. The normalized spacial score (nSPS) is 36.1. The molecule has 0 bridgehead atoms. The van der Waals surface area contributed by atoms with Crippen molar-refractivity contribution in [1.82, 2.24) is 15.4 Å². The Kier molecular flexibility index (Phi) is 13.9. The second-order valence-corrected chi connectivity index (χ2v) is 16.5.